The molecule has 0 radical (unpaired) electrons. The molecule has 0 aromatic heterocycles. The maximum absolute atomic E-state index is 10.2. The van der Waals surface area contributed by atoms with Gasteiger partial charge in [-0.05, 0) is 6.42 Å². The Bertz CT molecular complexity index is 123. The molecule has 1 rings (SSSR count). The van der Waals surface area contributed by atoms with Crippen LogP contribution in [0.25, 0.3) is 0 Å². The first-order valence-electron chi connectivity index (χ1n) is 2.33. The lowest BCUT2D eigenvalue weighted by atomic mass is 10.5. The summed E-state index contributed by atoms with van der Waals surface area (Å²) in [6.07, 6.45) is 0.163. The van der Waals surface area contributed by atoms with Gasteiger partial charge in [0.1, 0.15) is 0 Å². The Hall–Kier alpha value is 0.110. The quantitative estimate of drug-likeness (QED) is 0.546. The first-order valence-corrected chi connectivity index (χ1v) is 3.83. The Morgan fingerprint density at radius 3 is 2.38 bits per heavy atom. The van der Waals surface area contributed by atoms with E-state index >= 15 is 0 Å². The third-order valence-corrected chi connectivity index (χ3v) is 1.84. The fraction of sp³-hybridized carbons (Fsp3) is 1.00. The van der Waals surface area contributed by atoms with Gasteiger partial charge in [0, 0.05) is 0 Å². The second kappa shape index (κ2) is 1.81. The smallest absolute Gasteiger partial charge is 0.302 e. The van der Waals surface area contributed by atoms with E-state index in [9.17, 15) is 4.57 Å². The molecule has 1 saturated heterocycles. The van der Waals surface area contributed by atoms with Gasteiger partial charge in [-0.25, -0.2) is 4.57 Å². The topological polar surface area (TPSA) is 55.8 Å². The molecule has 1 N–H and O–H groups in total. The molecule has 48 valence electrons. The number of phosphoric acid groups is 1. The van der Waals surface area contributed by atoms with Crippen molar-refractivity contribution in [3.63, 3.8) is 0 Å². The third kappa shape index (κ3) is 1.09. The van der Waals surface area contributed by atoms with Crippen LogP contribution in [0.5, 0.6) is 0 Å². The molecule has 0 aromatic carbocycles. The van der Waals surface area contributed by atoms with Crippen molar-refractivity contribution >= 4 is 7.82 Å². The van der Waals surface area contributed by atoms with Gasteiger partial charge in [-0.3, -0.25) is 9.05 Å². The van der Waals surface area contributed by atoms with Crippen LogP contribution in [0.4, 0.5) is 0 Å². The van der Waals surface area contributed by atoms with E-state index in [4.69, 9.17) is 4.89 Å². The number of hydrogen-bond donors (Lipinski definition) is 1. The number of hydrogen-bond acceptors (Lipinski definition) is 3. The predicted octanol–water partition coefficient (Wildman–Crippen LogP) is 0.870. The molecule has 1 heterocycles. The zero-order valence-corrected chi connectivity index (χ0v) is 5.30. The van der Waals surface area contributed by atoms with Gasteiger partial charge in [-0.2, -0.15) is 0 Å². The largest absolute Gasteiger partial charge is 0.476 e. The summed E-state index contributed by atoms with van der Waals surface area (Å²) in [5.74, 6) is 0. The molecular formula is C3H7O4P. The maximum atomic E-state index is 10.2. The minimum Gasteiger partial charge on any atom is -0.302 e. The van der Waals surface area contributed by atoms with Gasteiger partial charge in [0.05, 0.1) is 0 Å². The highest BCUT2D eigenvalue weighted by molar-refractivity contribution is 7.48. The van der Waals surface area contributed by atoms with E-state index in [0.29, 0.717) is 6.42 Å². The van der Waals surface area contributed by atoms with Crippen LogP contribution in [0.1, 0.15) is 13.3 Å². The van der Waals surface area contributed by atoms with Crippen molar-refractivity contribution in [1.82, 2.24) is 0 Å². The number of rotatable bonds is 1. The van der Waals surface area contributed by atoms with Crippen LogP contribution in [0, 0.1) is 0 Å². The summed E-state index contributed by atoms with van der Waals surface area (Å²) < 4.78 is 18.9. The second-order valence-corrected chi connectivity index (χ2v) is 2.88. The molecular weight excluding hydrogens is 131 g/mol. The molecule has 4 nitrogen and oxygen atoms in total. The molecule has 0 bridgehead atoms. The average Bonchev–Trinajstić information content (AvgIpc) is 1.60. The summed E-state index contributed by atoms with van der Waals surface area (Å²) in [7, 11) is -3.54. The predicted molar refractivity (Wildman–Crippen MR) is 26.1 cm³/mol. The maximum Gasteiger partial charge on any atom is 0.476 e. The molecule has 5 heteroatoms. The minimum atomic E-state index is -3.54. The van der Waals surface area contributed by atoms with Crippen LogP contribution < -0.4 is 0 Å². The van der Waals surface area contributed by atoms with E-state index in [2.05, 4.69) is 9.05 Å². The Morgan fingerprint density at radius 2 is 2.25 bits per heavy atom. The molecule has 8 heavy (non-hydrogen) atoms. The molecule has 0 unspecified atom stereocenters. The first-order chi connectivity index (χ1) is 3.64. The average molecular weight is 138 g/mol. The summed E-state index contributed by atoms with van der Waals surface area (Å²) in [4.78, 5) is 8.33. The van der Waals surface area contributed by atoms with Crippen LogP contribution in [-0.2, 0) is 13.6 Å². The van der Waals surface area contributed by atoms with Crippen molar-refractivity contribution in [1.29, 1.82) is 0 Å². The van der Waals surface area contributed by atoms with Crippen LogP contribution in [0.15, 0.2) is 0 Å². The molecule has 1 aliphatic heterocycles. The zero-order chi connectivity index (χ0) is 6.20. The lowest BCUT2D eigenvalue weighted by Gasteiger charge is -2.29. The standard InChI is InChI=1S/C3H7O4P/c1-2-3-6-8(4,5)7-3/h3H,2H2,1H3,(H,4,5). The monoisotopic (exact) mass is 138 g/mol. The molecule has 0 spiro atoms. The van der Waals surface area contributed by atoms with Crippen molar-refractivity contribution in [2.45, 2.75) is 19.6 Å². The number of phosphoric ester groups is 1. The van der Waals surface area contributed by atoms with Gasteiger partial charge in [-0.15, -0.1) is 0 Å². The first kappa shape index (κ1) is 6.23. The van der Waals surface area contributed by atoms with Crippen LogP contribution in [0.3, 0.4) is 0 Å². The van der Waals surface area contributed by atoms with Crippen molar-refractivity contribution in [2.24, 2.45) is 0 Å². The molecule has 0 aliphatic carbocycles. The second-order valence-electron chi connectivity index (χ2n) is 1.52. The third-order valence-electron chi connectivity index (χ3n) is 0.835. The van der Waals surface area contributed by atoms with Gasteiger partial charge < -0.3 is 4.89 Å². The van der Waals surface area contributed by atoms with E-state index in [0.717, 1.165) is 0 Å². The summed E-state index contributed by atoms with van der Waals surface area (Å²) in [5.41, 5.74) is 0. The highest BCUT2D eigenvalue weighted by Gasteiger charge is 2.40. The zero-order valence-electron chi connectivity index (χ0n) is 4.40. The van der Waals surface area contributed by atoms with E-state index in [1.54, 1.807) is 0 Å². The van der Waals surface area contributed by atoms with Gasteiger partial charge in [0.25, 0.3) is 0 Å². The van der Waals surface area contributed by atoms with Crippen molar-refractivity contribution in [3.05, 3.63) is 0 Å². The van der Waals surface area contributed by atoms with Gasteiger partial charge >= 0.3 is 7.82 Å². The lowest BCUT2D eigenvalue weighted by Crippen LogP contribution is -2.23. The summed E-state index contributed by atoms with van der Waals surface area (Å²) in [6.45, 7) is 1.81. The van der Waals surface area contributed by atoms with Crippen LogP contribution >= 0.6 is 7.82 Å². The normalized spacial score (nSPS) is 46.0. The Kier molecular flexibility index (Phi) is 1.41. The fourth-order valence-corrected chi connectivity index (χ4v) is 1.36. The van der Waals surface area contributed by atoms with E-state index in [-0.39, 0.29) is 0 Å². The Balaban J connectivity index is 2.32. The molecule has 0 atom stereocenters. The van der Waals surface area contributed by atoms with Crippen LogP contribution in [0.2, 0.25) is 0 Å². The van der Waals surface area contributed by atoms with Gasteiger partial charge in [-0.1, -0.05) is 6.92 Å². The molecule has 0 aromatic rings. The van der Waals surface area contributed by atoms with Crippen LogP contribution in [-0.4, -0.2) is 11.2 Å². The van der Waals surface area contributed by atoms with E-state index in [1.165, 1.54) is 0 Å². The summed E-state index contributed by atoms with van der Waals surface area (Å²) in [5, 5.41) is 0. The SMILES string of the molecule is CCC1OP(=O)(O)O1. The van der Waals surface area contributed by atoms with Crippen molar-refractivity contribution < 1.29 is 18.5 Å². The molecule has 0 saturated carbocycles. The fourth-order valence-electron chi connectivity index (χ4n) is 0.454. The molecule has 1 aliphatic rings. The Labute approximate surface area is 47.0 Å². The van der Waals surface area contributed by atoms with Crippen molar-refractivity contribution in [2.75, 3.05) is 0 Å². The van der Waals surface area contributed by atoms with Crippen molar-refractivity contribution in [3.8, 4) is 0 Å². The van der Waals surface area contributed by atoms with E-state index in [1.807, 2.05) is 6.92 Å². The van der Waals surface area contributed by atoms with E-state index < -0.39 is 14.1 Å². The van der Waals surface area contributed by atoms with Gasteiger partial charge in [0.2, 0.25) is 0 Å². The van der Waals surface area contributed by atoms with Gasteiger partial charge in [0.15, 0.2) is 6.29 Å². The molecule has 1 fully saturated rings. The Morgan fingerprint density at radius 1 is 1.75 bits per heavy atom. The highest BCUT2D eigenvalue weighted by Crippen LogP contribution is 2.56. The minimum absolute atomic E-state index is 0.453. The highest BCUT2D eigenvalue weighted by atomic mass is 31.2. The summed E-state index contributed by atoms with van der Waals surface area (Å²) >= 11 is 0. The lowest BCUT2D eigenvalue weighted by molar-refractivity contribution is -0.118. The molecule has 0 amide bonds. The summed E-state index contributed by atoms with van der Waals surface area (Å²) in [6, 6.07) is 0.